The summed E-state index contributed by atoms with van der Waals surface area (Å²) in [5.74, 6) is 1.08. The van der Waals surface area contributed by atoms with E-state index in [1.54, 1.807) is 7.11 Å². The molecule has 0 bridgehead atoms. The highest BCUT2D eigenvalue weighted by Gasteiger charge is 2.26. The first-order chi connectivity index (χ1) is 12.1. The maximum Gasteiger partial charge on any atom is 0.221 e. The van der Waals surface area contributed by atoms with E-state index in [1.807, 2.05) is 18.2 Å². The molecule has 1 aliphatic rings. The minimum absolute atomic E-state index is 0.103. The number of methoxy groups -OCH3 is 1. The first-order valence-electron chi connectivity index (χ1n) is 8.78. The second-order valence-corrected chi connectivity index (χ2v) is 6.71. The van der Waals surface area contributed by atoms with Gasteiger partial charge in [0.05, 0.1) is 7.11 Å². The van der Waals surface area contributed by atoms with E-state index in [-0.39, 0.29) is 11.9 Å². The lowest BCUT2D eigenvalue weighted by molar-refractivity contribution is -0.121. The molecule has 0 aromatic heterocycles. The van der Waals surface area contributed by atoms with Crippen LogP contribution >= 0.6 is 0 Å². The van der Waals surface area contributed by atoms with Gasteiger partial charge in [-0.25, -0.2) is 0 Å². The summed E-state index contributed by atoms with van der Waals surface area (Å²) in [6.45, 7) is 6.51. The SMILES string of the molecule is COc1c(C)cc(CN2CCNC(=O)CC2c2ccccc2)cc1C. The lowest BCUT2D eigenvalue weighted by atomic mass is 10.00. The third-order valence-corrected chi connectivity index (χ3v) is 4.83. The predicted molar refractivity (Wildman–Crippen MR) is 99.7 cm³/mol. The summed E-state index contributed by atoms with van der Waals surface area (Å²) in [5, 5.41) is 3.00. The van der Waals surface area contributed by atoms with Crippen molar-refractivity contribution in [3.63, 3.8) is 0 Å². The smallest absolute Gasteiger partial charge is 0.221 e. The highest BCUT2D eigenvalue weighted by Crippen LogP contribution is 2.29. The zero-order valence-electron chi connectivity index (χ0n) is 15.2. The van der Waals surface area contributed by atoms with Gasteiger partial charge in [-0.3, -0.25) is 9.69 Å². The van der Waals surface area contributed by atoms with E-state index in [1.165, 1.54) is 11.1 Å². The molecule has 132 valence electrons. The quantitative estimate of drug-likeness (QED) is 0.929. The van der Waals surface area contributed by atoms with Gasteiger partial charge in [-0.2, -0.15) is 0 Å². The Morgan fingerprint density at radius 2 is 1.84 bits per heavy atom. The number of rotatable bonds is 4. The Morgan fingerprint density at radius 3 is 2.48 bits per heavy atom. The highest BCUT2D eigenvalue weighted by atomic mass is 16.5. The van der Waals surface area contributed by atoms with Crippen molar-refractivity contribution in [3.05, 3.63) is 64.7 Å². The summed E-state index contributed by atoms with van der Waals surface area (Å²) in [6, 6.07) is 14.8. The molecule has 2 aromatic rings. The average Bonchev–Trinajstić information content (AvgIpc) is 2.77. The molecule has 1 atom stereocenters. The van der Waals surface area contributed by atoms with E-state index in [0.29, 0.717) is 13.0 Å². The molecule has 0 saturated carbocycles. The number of aryl methyl sites for hydroxylation is 2. The van der Waals surface area contributed by atoms with Crippen LogP contribution in [0.1, 0.15) is 34.7 Å². The molecule has 25 heavy (non-hydrogen) atoms. The number of ether oxygens (including phenoxy) is 1. The molecule has 2 aromatic carbocycles. The summed E-state index contributed by atoms with van der Waals surface area (Å²) in [5.41, 5.74) is 4.75. The fourth-order valence-corrected chi connectivity index (χ4v) is 3.75. The minimum Gasteiger partial charge on any atom is -0.496 e. The Kier molecular flexibility index (Phi) is 5.39. The monoisotopic (exact) mass is 338 g/mol. The second kappa shape index (κ2) is 7.70. The zero-order valence-corrected chi connectivity index (χ0v) is 15.2. The third-order valence-electron chi connectivity index (χ3n) is 4.83. The Hall–Kier alpha value is -2.33. The van der Waals surface area contributed by atoms with Crippen LogP contribution in [0.4, 0.5) is 0 Å². The van der Waals surface area contributed by atoms with E-state index in [4.69, 9.17) is 4.74 Å². The number of hydrogen-bond acceptors (Lipinski definition) is 3. The molecule has 1 unspecified atom stereocenters. The van der Waals surface area contributed by atoms with Crippen molar-refractivity contribution in [1.29, 1.82) is 0 Å². The summed E-state index contributed by atoms with van der Waals surface area (Å²) in [7, 11) is 1.71. The van der Waals surface area contributed by atoms with Crippen LogP contribution in [0.5, 0.6) is 5.75 Å². The van der Waals surface area contributed by atoms with Crippen LogP contribution < -0.4 is 10.1 Å². The molecule has 1 N–H and O–H groups in total. The predicted octanol–water partition coefficient (Wildman–Crippen LogP) is 3.38. The molecular formula is C21H26N2O2. The Balaban J connectivity index is 1.89. The standard InChI is InChI=1S/C21H26N2O2/c1-15-11-17(12-16(2)21(15)25-3)14-23-10-9-22-20(24)13-19(23)18-7-5-4-6-8-18/h4-8,11-12,19H,9-10,13-14H2,1-3H3,(H,22,24). The topological polar surface area (TPSA) is 41.6 Å². The lowest BCUT2D eigenvalue weighted by Gasteiger charge is -2.29. The van der Waals surface area contributed by atoms with Gasteiger partial charge in [-0.15, -0.1) is 0 Å². The molecule has 1 heterocycles. The molecule has 4 nitrogen and oxygen atoms in total. The van der Waals surface area contributed by atoms with Crippen LogP contribution in [0.3, 0.4) is 0 Å². The van der Waals surface area contributed by atoms with Crippen molar-refractivity contribution in [3.8, 4) is 5.75 Å². The minimum atomic E-state index is 0.103. The molecule has 0 spiro atoms. The average molecular weight is 338 g/mol. The van der Waals surface area contributed by atoms with Crippen LogP contribution in [0.2, 0.25) is 0 Å². The Labute approximate surface area is 149 Å². The van der Waals surface area contributed by atoms with E-state index >= 15 is 0 Å². The molecular weight excluding hydrogens is 312 g/mol. The van der Waals surface area contributed by atoms with Crippen molar-refractivity contribution >= 4 is 5.91 Å². The van der Waals surface area contributed by atoms with E-state index in [9.17, 15) is 4.79 Å². The van der Waals surface area contributed by atoms with Crippen molar-refractivity contribution in [1.82, 2.24) is 10.2 Å². The van der Waals surface area contributed by atoms with Gasteiger partial charge in [0.25, 0.3) is 0 Å². The Morgan fingerprint density at radius 1 is 1.16 bits per heavy atom. The van der Waals surface area contributed by atoms with Gasteiger partial charge in [-0.05, 0) is 36.1 Å². The first kappa shape index (κ1) is 17.5. The Bertz CT molecular complexity index is 720. The molecule has 0 radical (unpaired) electrons. The van der Waals surface area contributed by atoms with Gasteiger partial charge in [0, 0.05) is 32.1 Å². The summed E-state index contributed by atoms with van der Waals surface area (Å²) >= 11 is 0. The van der Waals surface area contributed by atoms with Crippen LogP contribution in [-0.2, 0) is 11.3 Å². The van der Waals surface area contributed by atoms with E-state index in [0.717, 1.165) is 30.0 Å². The van der Waals surface area contributed by atoms with Crippen molar-refractivity contribution < 1.29 is 9.53 Å². The van der Waals surface area contributed by atoms with Gasteiger partial charge in [-0.1, -0.05) is 42.5 Å². The van der Waals surface area contributed by atoms with Gasteiger partial charge in [0.15, 0.2) is 0 Å². The van der Waals surface area contributed by atoms with Crippen LogP contribution in [0.15, 0.2) is 42.5 Å². The number of nitrogens with one attached hydrogen (secondary N) is 1. The normalized spacial score (nSPS) is 18.5. The molecule has 4 heteroatoms. The molecule has 3 rings (SSSR count). The largest absolute Gasteiger partial charge is 0.496 e. The highest BCUT2D eigenvalue weighted by molar-refractivity contribution is 5.77. The van der Waals surface area contributed by atoms with E-state index in [2.05, 4.69) is 48.3 Å². The van der Waals surface area contributed by atoms with Crippen LogP contribution in [-0.4, -0.2) is 31.0 Å². The first-order valence-corrected chi connectivity index (χ1v) is 8.78. The van der Waals surface area contributed by atoms with Gasteiger partial charge in [0.1, 0.15) is 5.75 Å². The molecule has 1 fully saturated rings. The lowest BCUT2D eigenvalue weighted by Crippen LogP contribution is -2.30. The van der Waals surface area contributed by atoms with Crippen LogP contribution in [0.25, 0.3) is 0 Å². The zero-order chi connectivity index (χ0) is 17.8. The summed E-state index contributed by atoms with van der Waals surface area (Å²) in [6.07, 6.45) is 0.498. The number of benzene rings is 2. The van der Waals surface area contributed by atoms with Crippen molar-refractivity contribution in [2.24, 2.45) is 0 Å². The van der Waals surface area contributed by atoms with Crippen LogP contribution in [0, 0.1) is 13.8 Å². The fourth-order valence-electron chi connectivity index (χ4n) is 3.75. The van der Waals surface area contributed by atoms with Gasteiger partial charge >= 0.3 is 0 Å². The van der Waals surface area contributed by atoms with Crippen molar-refractivity contribution in [2.75, 3.05) is 20.2 Å². The summed E-state index contributed by atoms with van der Waals surface area (Å²) < 4.78 is 5.48. The van der Waals surface area contributed by atoms with E-state index < -0.39 is 0 Å². The fraction of sp³-hybridized carbons (Fsp3) is 0.381. The molecule has 1 saturated heterocycles. The number of nitrogens with zero attached hydrogens (tertiary/aromatic N) is 1. The molecule has 0 aliphatic carbocycles. The number of carbonyl (C=O) groups excluding carboxylic acids is 1. The number of carbonyl (C=O) groups is 1. The maximum absolute atomic E-state index is 12.1. The molecule has 1 amide bonds. The molecule has 1 aliphatic heterocycles. The van der Waals surface area contributed by atoms with Gasteiger partial charge < -0.3 is 10.1 Å². The number of hydrogen-bond donors (Lipinski definition) is 1. The number of amides is 1. The van der Waals surface area contributed by atoms with Crippen molar-refractivity contribution in [2.45, 2.75) is 32.9 Å². The summed E-state index contributed by atoms with van der Waals surface area (Å²) in [4.78, 5) is 14.5. The third kappa shape index (κ3) is 4.02. The van der Waals surface area contributed by atoms with Gasteiger partial charge in [0.2, 0.25) is 5.91 Å². The maximum atomic E-state index is 12.1. The second-order valence-electron chi connectivity index (χ2n) is 6.71.